The summed E-state index contributed by atoms with van der Waals surface area (Å²) in [5.74, 6) is 1.84. The molecule has 0 saturated heterocycles. The summed E-state index contributed by atoms with van der Waals surface area (Å²) < 4.78 is 8.99. The van der Waals surface area contributed by atoms with Crippen molar-refractivity contribution in [1.82, 2.24) is 0 Å². The van der Waals surface area contributed by atoms with Gasteiger partial charge in [-0.3, -0.25) is 0 Å². The van der Waals surface area contributed by atoms with E-state index in [2.05, 4.69) is 133 Å². The first-order valence-electron chi connectivity index (χ1n) is 14.3. The first-order valence-corrected chi connectivity index (χ1v) is 15.1. The molecule has 7 aromatic carbocycles. The van der Waals surface area contributed by atoms with E-state index in [0.717, 1.165) is 17.1 Å². The van der Waals surface area contributed by atoms with E-state index in [1.54, 1.807) is 0 Å². The Morgan fingerprint density at radius 2 is 0.952 bits per heavy atom. The first kappa shape index (κ1) is 23.5. The van der Waals surface area contributed by atoms with Crippen LogP contribution in [0.2, 0.25) is 0 Å². The molecule has 0 saturated carbocycles. The Morgan fingerprint density at radius 1 is 0.357 bits per heavy atom. The van der Waals surface area contributed by atoms with Crippen molar-refractivity contribution in [3.05, 3.63) is 146 Å². The van der Waals surface area contributed by atoms with Crippen molar-refractivity contribution in [2.75, 3.05) is 0 Å². The zero-order valence-electron chi connectivity index (χ0n) is 22.7. The second kappa shape index (κ2) is 9.17. The van der Waals surface area contributed by atoms with Crippen LogP contribution in [0.5, 0.6) is 11.5 Å². The van der Waals surface area contributed by atoms with Gasteiger partial charge in [-0.15, -0.1) is 11.3 Å². The van der Waals surface area contributed by atoms with Crippen LogP contribution in [0.3, 0.4) is 0 Å². The van der Waals surface area contributed by atoms with Crippen molar-refractivity contribution in [3.8, 4) is 56.0 Å². The van der Waals surface area contributed by atoms with Gasteiger partial charge in [0.2, 0.25) is 0 Å². The quantitative estimate of drug-likeness (QED) is 0.212. The van der Waals surface area contributed by atoms with Gasteiger partial charge in [0.25, 0.3) is 0 Å². The average molecular weight is 553 g/mol. The Bertz CT molecular complexity index is 2310. The number of ether oxygens (including phenoxy) is 1. The molecule has 42 heavy (non-hydrogen) atoms. The minimum atomic E-state index is 0.918. The minimum absolute atomic E-state index is 0.918. The van der Waals surface area contributed by atoms with Crippen LogP contribution >= 0.6 is 11.3 Å². The van der Waals surface area contributed by atoms with Gasteiger partial charge in [-0.2, -0.15) is 0 Å². The third-order valence-electron chi connectivity index (χ3n) is 8.53. The molecule has 1 aliphatic rings. The van der Waals surface area contributed by atoms with Gasteiger partial charge in [0.1, 0.15) is 11.5 Å². The van der Waals surface area contributed by atoms with Gasteiger partial charge in [-0.05, 0) is 62.5 Å². The fourth-order valence-electron chi connectivity index (χ4n) is 6.49. The maximum Gasteiger partial charge on any atom is 0.135 e. The molecule has 0 N–H and O–H groups in total. The highest BCUT2D eigenvalue weighted by Gasteiger charge is 2.21. The molecular weight excluding hydrogens is 529 g/mol. The average Bonchev–Trinajstić information content (AvgIpc) is 3.44. The lowest BCUT2D eigenvalue weighted by Gasteiger charge is -2.22. The number of fused-ring (bicyclic) bond motifs is 5. The molecule has 1 nitrogen and oxygen atoms in total. The van der Waals surface area contributed by atoms with Crippen LogP contribution in [0.25, 0.3) is 75.5 Å². The predicted octanol–water partition coefficient (Wildman–Crippen LogP) is 12.0. The molecule has 0 amide bonds. The summed E-state index contributed by atoms with van der Waals surface area (Å²) in [6, 6.07) is 52.4. The van der Waals surface area contributed by atoms with Gasteiger partial charge in [0.15, 0.2) is 0 Å². The molecule has 1 aliphatic heterocycles. The lowest BCUT2D eigenvalue weighted by atomic mass is 9.90. The maximum absolute atomic E-state index is 6.30. The van der Waals surface area contributed by atoms with Crippen molar-refractivity contribution >= 4 is 42.3 Å². The van der Waals surface area contributed by atoms with E-state index >= 15 is 0 Å². The fourth-order valence-corrected chi connectivity index (χ4v) is 7.73. The highest BCUT2D eigenvalue weighted by molar-refractivity contribution is 7.26. The molecule has 0 radical (unpaired) electrons. The molecule has 0 bridgehead atoms. The van der Waals surface area contributed by atoms with Crippen molar-refractivity contribution in [2.45, 2.75) is 0 Å². The van der Waals surface area contributed by atoms with Crippen molar-refractivity contribution < 1.29 is 4.74 Å². The summed E-state index contributed by atoms with van der Waals surface area (Å²) in [7, 11) is 0. The highest BCUT2D eigenvalue weighted by Crippen LogP contribution is 2.48. The molecule has 0 fully saturated rings. The Morgan fingerprint density at radius 3 is 1.76 bits per heavy atom. The van der Waals surface area contributed by atoms with Crippen LogP contribution in [0, 0.1) is 0 Å². The third-order valence-corrected chi connectivity index (χ3v) is 9.75. The van der Waals surface area contributed by atoms with E-state index in [4.69, 9.17) is 4.74 Å². The Balaban J connectivity index is 1.07. The molecule has 196 valence electrons. The summed E-state index contributed by atoms with van der Waals surface area (Å²) in [4.78, 5) is 0. The molecule has 9 rings (SSSR count). The van der Waals surface area contributed by atoms with Crippen LogP contribution in [0.4, 0.5) is 0 Å². The summed E-state index contributed by atoms with van der Waals surface area (Å²) in [5.41, 5.74) is 9.78. The topological polar surface area (TPSA) is 9.23 Å². The Kier molecular flexibility index (Phi) is 5.13. The van der Waals surface area contributed by atoms with E-state index in [0.29, 0.717) is 0 Å². The van der Waals surface area contributed by atoms with Crippen LogP contribution < -0.4 is 4.74 Å². The lowest BCUT2D eigenvalue weighted by molar-refractivity contribution is 0.487. The Hall–Kier alpha value is -5.18. The summed E-state index contributed by atoms with van der Waals surface area (Å²) in [6.45, 7) is 0. The monoisotopic (exact) mass is 552 g/mol. The third kappa shape index (κ3) is 3.56. The number of thiophene rings is 1. The number of hydrogen-bond donors (Lipinski definition) is 0. The second-order valence-corrected chi connectivity index (χ2v) is 11.9. The lowest BCUT2D eigenvalue weighted by Crippen LogP contribution is -1.97. The van der Waals surface area contributed by atoms with Crippen LogP contribution in [-0.4, -0.2) is 0 Å². The molecule has 2 heteroatoms. The van der Waals surface area contributed by atoms with Crippen LogP contribution in [-0.2, 0) is 0 Å². The van der Waals surface area contributed by atoms with Gasteiger partial charge in [-0.25, -0.2) is 0 Å². The highest BCUT2D eigenvalue weighted by atomic mass is 32.1. The van der Waals surface area contributed by atoms with Gasteiger partial charge >= 0.3 is 0 Å². The molecule has 0 atom stereocenters. The molecule has 0 aliphatic carbocycles. The number of para-hydroxylation sites is 1. The smallest absolute Gasteiger partial charge is 0.135 e. The molecule has 8 aromatic rings. The van der Waals surface area contributed by atoms with E-state index in [1.807, 2.05) is 23.5 Å². The summed E-state index contributed by atoms with van der Waals surface area (Å²) in [5, 5.41) is 5.07. The molecule has 2 heterocycles. The van der Waals surface area contributed by atoms with Crippen molar-refractivity contribution in [3.63, 3.8) is 0 Å². The molecule has 1 aromatic heterocycles. The predicted molar refractivity (Wildman–Crippen MR) is 179 cm³/mol. The van der Waals surface area contributed by atoms with E-state index in [9.17, 15) is 0 Å². The molecule has 0 spiro atoms. The van der Waals surface area contributed by atoms with Gasteiger partial charge in [0, 0.05) is 31.1 Å². The Labute approximate surface area is 247 Å². The van der Waals surface area contributed by atoms with Gasteiger partial charge in [-0.1, -0.05) is 127 Å². The van der Waals surface area contributed by atoms with Crippen molar-refractivity contribution in [2.24, 2.45) is 0 Å². The number of hydrogen-bond acceptors (Lipinski definition) is 2. The number of rotatable bonds is 3. The molecule has 0 unspecified atom stereocenters. The zero-order chi connectivity index (χ0) is 27.6. The maximum atomic E-state index is 6.30. The van der Waals surface area contributed by atoms with E-state index < -0.39 is 0 Å². The molecular formula is C40H24OS. The first-order chi connectivity index (χ1) is 20.8. The van der Waals surface area contributed by atoms with Crippen LogP contribution in [0.1, 0.15) is 0 Å². The zero-order valence-corrected chi connectivity index (χ0v) is 23.5. The standard InChI is InChI=1S/C40H24OS/c1-3-13-36-31(7-1)34-11-6-10-33-29(23-24-37(41-36)39(33)34)27-19-15-25(16-20-27)26-17-21-28(22-18-26)30-9-5-12-35-32-8-2-4-14-38(32)42-40(30)35/h1-24H. The normalized spacial score (nSPS) is 12.0. The minimum Gasteiger partial charge on any atom is -0.456 e. The summed E-state index contributed by atoms with van der Waals surface area (Å²) >= 11 is 1.88. The van der Waals surface area contributed by atoms with Crippen LogP contribution in [0.15, 0.2) is 146 Å². The SMILES string of the molecule is c1ccc2c(c1)Oc1ccc(-c3ccc(-c4ccc(-c5cccc6c5sc5ccccc56)cc4)cc3)c3cccc-2c13. The summed E-state index contributed by atoms with van der Waals surface area (Å²) in [6.07, 6.45) is 0. The second-order valence-electron chi connectivity index (χ2n) is 10.9. The van der Waals surface area contributed by atoms with Gasteiger partial charge < -0.3 is 4.74 Å². The van der Waals surface area contributed by atoms with E-state index in [-0.39, 0.29) is 0 Å². The fraction of sp³-hybridized carbons (Fsp3) is 0. The van der Waals surface area contributed by atoms with Crippen molar-refractivity contribution in [1.29, 1.82) is 0 Å². The number of benzene rings is 7. The largest absolute Gasteiger partial charge is 0.456 e. The van der Waals surface area contributed by atoms with Gasteiger partial charge in [0.05, 0.1) is 0 Å². The van der Waals surface area contributed by atoms with E-state index in [1.165, 1.54) is 69.9 Å².